The number of hydrogen-bond donors (Lipinski definition) is 0. The first kappa shape index (κ1) is 23.1. The molecule has 0 N–H and O–H groups in total. The van der Waals surface area contributed by atoms with E-state index in [-0.39, 0.29) is 11.4 Å². The van der Waals surface area contributed by atoms with Crippen molar-refractivity contribution in [1.29, 1.82) is 5.26 Å². The van der Waals surface area contributed by atoms with E-state index in [1.807, 2.05) is 12.1 Å². The van der Waals surface area contributed by atoms with Crippen molar-refractivity contribution >= 4 is 0 Å². The fourth-order valence-electron chi connectivity index (χ4n) is 5.54. The Labute approximate surface area is 183 Å². The molecule has 0 unspecified atom stereocenters. The summed E-state index contributed by atoms with van der Waals surface area (Å²) in [5.74, 6) is 2.56. The van der Waals surface area contributed by atoms with E-state index in [9.17, 15) is 4.39 Å². The van der Waals surface area contributed by atoms with Gasteiger partial charge < -0.3 is 0 Å². The van der Waals surface area contributed by atoms with Gasteiger partial charge in [-0.3, -0.25) is 0 Å². The van der Waals surface area contributed by atoms with Crippen molar-refractivity contribution < 1.29 is 4.39 Å². The van der Waals surface area contributed by atoms with Crippen LogP contribution in [0.4, 0.5) is 4.39 Å². The summed E-state index contributed by atoms with van der Waals surface area (Å²) in [5, 5.41) is 8.90. The minimum atomic E-state index is -0.367. The van der Waals surface area contributed by atoms with Gasteiger partial charge in [0.05, 0.1) is 5.56 Å². The number of rotatable bonds is 9. The molecule has 0 saturated heterocycles. The highest BCUT2D eigenvalue weighted by molar-refractivity contribution is 5.35. The third kappa shape index (κ3) is 6.97. The van der Waals surface area contributed by atoms with Gasteiger partial charge in [-0.05, 0) is 92.7 Å². The zero-order valence-electron chi connectivity index (χ0n) is 18.9. The molecule has 2 aliphatic rings. The maximum atomic E-state index is 13.9. The lowest BCUT2D eigenvalue weighted by molar-refractivity contribution is 0.287. The second-order valence-electron chi connectivity index (χ2n) is 9.83. The van der Waals surface area contributed by atoms with Gasteiger partial charge in [-0.1, -0.05) is 63.7 Å². The first-order valence-electron chi connectivity index (χ1n) is 12.6. The van der Waals surface area contributed by atoms with Crippen molar-refractivity contribution in [1.82, 2.24) is 0 Å². The van der Waals surface area contributed by atoms with Crippen LogP contribution in [-0.4, -0.2) is 0 Å². The van der Waals surface area contributed by atoms with Gasteiger partial charge in [0, 0.05) is 0 Å². The van der Waals surface area contributed by atoms with Crippen molar-refractivity contribution in [2.75, 3.05) is 0 Å². The summed E-state index contributed by atoms with van der Waals surface area (Å²) in [5.41, 5.74) is 1.23. The molecule has 0 radical (unpaired) electrons. The lowest BCUT2D eigenvalue weighted by Gasteiger charge is -2.29. The highest BCUT2D eigenvalue weighted by atomic mass is 19.1. The molecule has 164 valence electrons. The quantitative estimate of drug-likeness (QED) is 0.295. The van der Waals surface area contributed by atoms with Crippen LogP contribution in [0.3, 0.4) is 0 Å². The van der Waals surface area contributed by atoms with Gasteiger partial charge in [-0.2, -0.15) is 5.26 Å². The minimum Gasteiger partial charge on any atom is -0.206 e. The molecule has 0 heterocycles. The Morgan fingerprint density at radius 2 is 1.53 bits per heavy atom. The van der Waals surface area contributed by atoms with E-state index >= 15 is 0 Å². The first-order valence-corrected chi connectivity index (χ1v) is 12.6. The number of nitriles is 1. The van der Waals surface area contributed by atoms with Crippen LogP contribution in [0, 0.1) is 34.9 Å². The summed E-state index contributed by atoms with van der Waals surface area (Å²) in [6.07, 6.45) is 23.8. The number of halogens is 1. The van der Waals surface area contributed by atoms with E-state index in [4.69, 9.17) is 5.26 Å². The van der Waals surface area contributed by atoms with Crippen LogP contribution >= 0.6 is 0 Å². The Morgan fingerprint density at radius 1 is 0.900 bits per heavy atom. The topological polar surface area (TPSA) is 23.8 Å². The number of benzene rings is 1. The van der Waals surface area contributed by atoms with Crippen molar-refractivity contribution in [2.45, 2.75) is 103 Å². The van der Waals surface area contributed by atoms with Gasteiger partial charge in [-0.15, -0.1) is 0 Å². The van der Waals surface area contributed by atoms with Gasteiger partial charge in [0.25, 0.3) is 0 Å². The maximum absolute atomic E-state index is 13.9. The molecule has 0 amide bonds. The van der Waals surface area contributed by atoms with Crippen LogP contribution in [0.25, 0.3) is 0 Å². The van der Waals surface area contributed by atoms with Gasteiger partial charge in [0.1, 0.15) is 11.9 Å². The van der Waals surface area contributed by atoms with Crippen molar-refractivity contribution in [3.8, 4) is 6.07 Å². The van der Waals surface area contributed by atoms with E-state index < -0.39 is 0 Å². The predicted octanol–water partition coefficient (Wildman–Crippen LogP) is 8.69. The second-order valence-corrected chi connectivity index (χ2v) is 9.83. The highest BCUT2D eigenvalue weighted by Gasteiger charge is 2.23. The molecule has 2 fully saturated rings. The van der Waals surface area contributed by atoms with Crippen LogP contribution < -0.4 is 0 Å². The largest absolute Gasteiger partial charge is 0.206 e. The second kappa shape index (κ2) is 12.3. The summed E-state index contributed by atoms with van der Waals surface area (Å²) >= 11 is 0. The Bertz CT molecular complexity index is 700. The SMILES string of the molecule is CCCCCCC[C@H]1CC[C@H](/C=C/C2CCC(c3ccc(C#N)c(F)c3)CC2)CC1. The van der Waals surface area contributed by atoms with Crippen LogP contribution in [0.2, 0.25) is 0 Å². The summed E-state index contributed by atoms with van der Waals surface area (Å²) in [6.45, 7) is 2.29. The molecule has 0 aromatic heterocycles. The normalized spacial score (nSPS) is 27.2. The fourth-order valence-corrected chi connectivity index (χ4v) is 5.54. The Morgan fingerprint density at radius 3 is 2.13 bits per heavy atom. The van der Waals surface area contributed by atoms with E-state index in [1.165, 1.54) is 77.0 Å². The van der Waals surface area contributed by atoms with Crippen LogP contribution in [0.15, 0.2) is 30.4 Å². The molecule has 1 aromatic rings. The smallest absolute Gasteiger partial charge is 0.141 e. The Hall–Kier alpha value is -1.62. The molecule has 3 rings (SSSR count). The molecule has 30 heavy (non-hydrogen) atoms. The van der Waals surface area contributed by atoms with Crippen molar-refractivity contribution in [3.63, 3.8) is 0 Å². The number of hydrogen-bond acceptors (Lipinski definition) is 1. The number of allylic oxidation sites excluding steroid dienone is 2. The molecule has 0 atom stereocenters. The summed E-state index contributed by atoms with van der Waals surface area (Å²) in [7, 11) is 0. The molecule has 2 heteroatoms. The Kier molecular flexibility index (Phi) is 9.44. The molecule has 1 aromatic carbocycles. The van der Waals surface area contributed by atoms with Crippen LogP contribution in [0.5, 0.6) is 0 Å². The van der Waals surface area contributed by atoms with Crippen LogP contribution in [0.1, 0.15) is 114 Å². The lowest BCUT2D eigenvalue weighted by Crippen LogP contribution is -2.15. The number of nitrogens with zero attached hydrogens (tertiary/aromatic N) is 1. The zero-order valence-corrected chi connectivity index (χ0v) is 18.9. The van der Waals surface area contributed by atoms with E-state index in [1.54, 1.807) is 12.1 Å². The molecule has 1 nitrogen and oxygen atoms in total. The fraction of sp³-hybridized carbons (Fsp3) is 0.679. The Balaban J connectivity index is 1.34. The van der Waals surface area contributed by atoms with Crippen LogP contribution in [-0.2, 0) is 0 Å². The van der Waals surface area contributed by atoms with E-state index in [2.05, 4.69) is 19.1 Å². The molecule has 2 aliphatic carbocycles. The first-order chi connectivity index (χ1) is 14.7. The monoisotopic (exact) mass is 409 g/mol. The molecular weight excluding hydrogens is 369 g/mol. The average molecular weight is 410 g/mol. The third-order valence-corrected chi connectivity index (χ3v) is 7.62. The number of unbranched alkanes of at least 4 members (excludes halogenated alkanes) is 4. The highest BCUT2D eigenvalue weighted by Crippen LogP contribution is 2.38. The summed E-state index contributed by atoms with van der Waals surface area (Å²) in [6, 6.07) is 7.09. The summed E-state index contributed by atoms with van der Waals surface area (Å²) in [4.78, 5) is 0. The molecular formula is C28H40FN. The van der Waals surface area contributed by atoms with Gasteiger partial charge >= 0.3 is 0 Å². The van der Waals surface area contributed by atoms with Crippen molar-refractivity contribution in [3.05, 3.63) is 47.3 Å². The lowest BCUT2D eigenvalue weighted by atomic mass is 9.76. The molecule has 2 saturated carbocycles. The maximum Gasteiger partial charge on any atom is 0.141 e. The standard InChI is InChI=1S/C28H40FN/c1-2-3-4-5-6-7-22-8-10-23(11-9-22)12-13-24-14-16-25(17-15-24)26-18-19-27(21-30)28(29)20-26/h12-13,18-20,22-25H,2-11,14-17H2,1H3/b13-12+/t22-,23-,24?,25?. The third-order valence-electron chi connectivity index (χ3n) is 7.62. The molecule has 0 aliphatic heterocycles. The molecule has 0 bridgehead atoms. The zero-order chi connectivity index (χ0) is 21.2. The van der Waals surface area contributed by atoms with E-state index in [0.717, 1.165) is 30.2 Å². The van der Waals surface area contributed by atoms with E-state index in [0.29, 0.717) is 11.8 Å². The van der Waals surface area contributed by atoms with Crippen molar-refractivity contribution in [2.24, 2.45) is 17.8 Å². The minimum absolute atomic E-state index is 0.154. The molecule has 0 spiro atoms. The van der Waals surface area contributed by atoms with Gasteiger partial charge in [-0.25, -0.2) is 4.39 Å². The predicted molar refractivity (Wildman–Crippen MR) is 124 cm³/mol. The average Bonchev–Trinajstić information content (AvgIpc) is 2.78. The van der Waals surface area contributed by atoms with Gasteiger partial charge in [0.15, 0.2) is 0 Å². The van der Waals surface area contributed by atoms with Gasteiger partial charge in [0.2, 0.25) is 0 Å². The summed E-state index contributed by atoms with van der Waals surface area (Å²) < 4.78 is 13.9.